The van der Waals surface area contributed by atoms with Crippen LogP contribution in [0.1, 0.15) is 0 Å². The van der Waals surface area contributed by atoms with Crippen LogP contribution in [0.15, 0.2) is 18.7 Å². The maximum Gasteiger partial charge on any atom is 0.0905 e. The van der Waals surface area contributed by atoms with Crippen molar-refractivity contribution in [2.75, 3.05) is 0 Å². The van der Waals surface area contributed by atoms with Gasteiger partial charge in [-0.3, -0.25) is 0 Å². The van der Waals surface area contributed by atoms with E-state index in [0.29, 0.717) is 20.2 Å². The standard InChI is InChI=1S/C6HCl5.C3H3N.Cl2S/c7-2-1-3(8)5(10)6(11)4(2)9;1-2-3-4;1-3-2/h1H;2H,1H2;. The van der Waals surface area contributed by atoms with Crippen LogP contribution in [0.4, 0.5) is 0 Å². The van der Waals surface area contributed by atoms with Crippen molar-refractivity contribution in [1.29, 1.82) is 5.26 Å². The number of nitrogens with zero attached hydrogens (tertiary/aromatic N) is 1. The smallest absolute Gasteiger partial charge is 0.0905 e. The number of hydrogen-bond acceptors (Lipinski definition) is 2. The minimum absolute atomic E-state index is 0.186. The average Bonchev–Trinajstić information content (AvgIpc) is 2.35. The lowest BCUT2D eigenvalue weighted by molar-refractivity contribution is 1.54. The maximum absolute atomic E-state index is 7.51. The number of nitriles is 1. The monoisotopic (exact) mass is 403 g/mol. The molecule has 1 rings (SSSR count). The maximum atomic E-state index is 7.51. The molecule has 0 heterocycles. The number of rotatable bonds is 0. The van der Waals surface area contributed by atoms with Gasteiger partial charge in [0.2, 0.25) is 0 Å². The largest absolute Gasteiger partial charge is 0.193 e. The van der Waals surface area contributed by atoms with Gasteiger partial charge in [0.1, 0.15) is 0 Å². The lowest BCUT2D eigenvalue weighted by Crippen LogP contribution is -1.75. The predicted molar refractivity (Wildman–Crippen MR) is 86.6 cm³/mol. The third-order valence-electron chi connectivity index (χ3n) is 1.15. The average molecular weight is 406 g/mol. The number of halogens is 7. The first-order chi connectivity index (χ1) is 8.37. The Morgan fingerprint density at radius 1 is 1.00 bits per heavy atom. The van der Waals surface area contributed by atoms with Crippen LogP contribution in [-0.4, -0.2) is 0 Å². The fourth-order valence-electron chi connectivity index (χ4n) is 0.544. The quantitative estimate of drug-likeness (QED) is 0.251. The Labute approximate surface area is 143 Å². The molecule has 0 N–H and O–H groups in total. The first kappa shape index (κ1) is 21.1. The van der Waals surface area contributed by atoms with Crippen LogP contribution in [0.3, 0.4) is 0 Å². The van der Waals surface area contributed by atoms with E-state index in [-0.39, 0.29) is 15.1 Å². The summed E-state index contributed by atoms with van der Waals surface area (Å²) in [6.45, 7) is 3.12. The van der Waals surface area contributed by atoms with Gasteiger partial charge in [-0.15, -0.1) is 0 Å². The minimum Gasteiger partial charge on any atom is -0.193 e. The van der Waals surface area contributed by atoms with E-state index in [1.54, 1.807) is 6.07 Å². The lowest BCUT2D eigenvalue weighted by atomic mass is 10.3. The molecule has 0 aromatic heterocycles. The summed E-state index contributed by atoms with van der Waals surface area (Å²) in [6, 6.07) is 3.14. The molecule has 0 aliphatic rings. The molecule has 100 valence electrons. The topological polar surface area (TPSA) is 23.8 Å². The molecule has 0 aliphatic heterocycles. The van der Waals surface area contributed by atoms with Gasteiger partial charge in [-0.25, -0.2) is 0 Å². The second-order valence-corrected chi connectivity index (χ2v) is 5.64. The van der Waals surface area contributed by atoms with Crippen LogP contribution in [0.5, 0.6) is 0 Å². The lowest BCUT2D eigenvalue weighted by Gasteiger charge is -2.02. The first-order valence-electron chi connectivity index (χ1n) is 3.75. The Hall–Kier alpha value is 0.830. The van der Waals surface area contributed by atoms with E-state index in [9.17, 15) is 0 Å². The van der Waals surface area contributed by atoms with E-state index in [4.69, 9.17) is 63.3 Å². The summed E-state index contributed by atoms with van der Waals surface area (Å²) >= 11 is 28.2. The second-order valence-electron chi connectivity index (χ2n) is 2.17. The SMILES string of the molecule is C=CC#N.ClSCl.Clc1cc(Cl)c(Cl)c(Cl)c1Cl. The predicted octanol–water partition coefficient (Wildman–Crippen LogP) is 7.68. The highest BCUT2D eigenvalue weighted by Gasteiger charge is 2.10. The Balaban J connectivity index is 0. The third-order valence-corrected chi connectivity index (χ3v) is 3.30. The molecular formula is C9H4Cl7NS. The fraction of sp³-hybridized carbons (Fsp3) is 0. The van der Waals surface area contributed by atoms with E-state index in [1.165, 1.54) is 12.1 Å². The molecule has 0 amide bonds. The normalized spacial score (nSPS) is 8.11. The Bertz CT molecular complexity index is 404. The van der Waals surface area contributed by atoms with Crippen molar-refractivity contribution < 1.29 is 0 Å². The third kappa shape index (κ3) is 8.85. The van der Waals surface area contributed by atoms with Crippen LogP contribution in [0.2, 0.25) is 25.1 Å². The molecule has 0 atom stereocenters. The molecule has 1 nitrogen and oxygen atoms in total. The van der Waals surface area contributed by atoms with Gasteiger partial charge in [-0.05, 0) is 27.4 Å². The zero-order valence-corrected chi connectivity index (χ0v) is 14.5. The van der Waals surface area contributed by atoms with Crippen LogP contribution >= 0.6 is 89.6 Å². The van der Waals surface area contributed by atoms with Crippen molar-refractivity contribution in [3.8, 4) is 6.07 Å². The molecule has 1 aromatic rings. The molecule has 0 saturated heterocycles. The molecule has 0 radical (unpaired) electrons. The number of hydrogen-bond donors (Lipinski definition) is 0. The molecule has 0 fully saturated rings. The van der Waals surface area contributed by atoms with Gasteiger partial charge >= 0.3 is 0 Å². The van der Waals surface area contributed by atoms with Gasteiger partial charge in [0, 0.05) is 6.08 Å². The van der Waals surface area contributed by atoms with E-state index in [0.717, 1.165) is 0 Å². The van der Waals surface area contributed by atoms with Crippen molar-refractivity contribution in [2.24, 2.45) is 0 Å². The van der Waals surface area contributed by atoms with Gasteiger partial charge < -0.3 is 0 Å². The molecular weight excluding hydrogens is 402 g/mol. The van der Waals surface area contributed by atoms with E-state index in [2.05, 4.69) is 27.9 Å². The van der Waals surface area contributed by atoms with Gasteiger partial charge in [-0.2, -0.15) is 5.26 Å². The minimum atomic E-state index is 0.186. The summed E-state index contributed by atoms with van der Waals surface area (Å²) in [7, 11) is 10.1. The van der Waals surface area contributed by atoms with Gasteiger partial charge in [0.25, 0.3) is 0 Å². The molecule has 0 saturated carbocycles. The summed E-state index contributed by atoms with van der Waals surface area (Å²) in [5.41, 5.74) is 0. The molecule has 0 aliphatic carbocycles. The summed E-state index contributed by atoms with van der Waals surface area (Å²) in [4.78, 5) is 0. The second kappa shape index (κ2) is 12.8. The summed E-state index contributed by atoms with van der Waals surface area (Å²) in [6.07, 6.45) is 1.18. The fourth-order valence-corrected chi connectivity index (χ4v) is 1.65. The van der Waals surface area contributed by atoms with Crippen molar-refractivity contribution in [3.05, 3.63) is 43.8 Å². The molecule has 1 aromatic carbocycles. The van der Waals surface area contributed by atoms with Crippen molar-refractivity contribution in [1.82, 2.24) is 0 Å². The van der Waals surface area contributed by atoms with Crippen LogP contribution in [0.25, 0.3) is 0 Å². The van der Waals surface area contributed by atoms with Crippen molar-refractivity contribution in [2.45, 2.75) is 0 Å². The zero-order chi connectivity index (χ0) is 14.7. The van der Waals surface area contributed by atoms with Gasteiger partial charge in [-0.1, -0.05) is 64.6 Å². The zero-order valence-electron chi connectivity index (χ0n) is 8.36. The molecule has 0 spiro atoms. The molecule has 18 heavy (non-hydrogen) atoms. The Morgan fingerprint density at radius 3 is 1.50 bits per heavy atom. The molecule has 0 bridgehead atoms. The highest BCUT2D eigenvalue weighted by molar-refractivity contribution is 8.38. The highest BCUT2D eigenvalue weighted by Crippen LogP contribution is 2.40. The number of benzene rings is 1. The van der Waals surface area contributed by atoms with E-state index >= 15 is 0 Å². The Kier molecular flexibility index (Phi) is 15.1. The van der Waals surface area contributed by atoms with Crippen LogP contribution in [-0.2, 0) is 0 Å². The van der Waals surface area contributed by atoms with E-state index in [1.807, 2.05) is 0 Å². The summed E-state index contributed by atoms with van der Waals surface area (Å²) in [5, 5.41) is 8.74. The van der Waals surface area contributed by atoms with Crippen molar-refractivity contribution in [3.63, 3.8) is 0 Å². The molecule has 9 heteroatoms. The van der Waals surface area contributed by atoms with Gasteiger partial charge in [0.15, 0.2) is 0 Å². The number of allylic oxidation sites excluding steroid dienone is 1. The Morgan fingerprint density at radius 2 is 1.28 bits per heavy atom. The molecule has 0 unspecified atom stereocenters. The van der Waals surface area contributed by atoms with E-state index < -0.39 is 0 Å². The van der Waals surface area contributed by atoms with Crippen LogP contribution in [0, 0.1) is 11.3 Å². The van der Waals surface area contributed by atoms with Gasteiger partial charge in [0.05, 0.1) is 41.4 Å². The summed E-state index contributed by atoms with van der Waals surface area (Å²) in [5.74, 6) is 0. The van der Waals surface area contributed by atoms with Crippen molar-refractivity contribution >= 4 is 89.6 Å². The summed E-state index contributed by atoms with van der Waals surface area (Å²) < 4.78 is 0. The van der Waals surface area contributed by atoms with Crippen LogP contribution < -0.4 is 0 Å². The highest BCUT2D eigenvalue weighted by atomic mass is 36.0. The first-order valence-corrected chi connectivity index (χ1v) is 8.11.